The van der Waals surface area contributed by atoms with Crippen molar-refractivity contribution in [3.8, 4) is 10.6 Å². The van der Waals surface area contributed by atoms with Crippen LogP contribution in [0, 0.1) is 0 Å². The van der Waals surface area contributed by atoms with Crippen LogP contribution >= 0.6 is 11.3 Å². The molecule has 0 bridgehead atoms. The van der Waals surface area contributed by atoms with Crippen molar-refractivity contribution in [1.82, 2.24) is 15.1 Å². The first-order valence-corrected chi connectivity index (χ1v) is 11.1. The number of aromatic nitrogens is 2. The average molecular weight is 430 g/mol. The molecule has 1 amide bonds. The molecule has 2 aromatic heterocycles. The Morgan fingerprint density at radius 2 is 1.58 bits per heavy atom. The minimum absolute atomic E-state index is 0.0554. The van der Waals surface area contributed by atoms with Gasteiger partial charge in [0.2, 0.25) is 5.91 Å². The van der Waals surface area contributed by atoms with Gasteiger partial charge in [0.25, 0.3) is 5.56 Å². The molecule has 0 saturated carbocycles. The maximum absolute atomic E-state index is 12.7. The number of nitrogens with one attached hydrogen (secondary N) is 1. The fourth-order valence-electron chi connectivity index (χ4n) is 3.44. The van der Waals surface area contributed by atoms with Gasteiger partial charge in [-0.25, -0.2) is 4.68 Å². The van der Waals surface area contributed by atoms with Gasteiger partial charge < -0.3 is 5.32 Å². The Bertz CT molecular complexity index is 1130. The van der Waals surface area contributed by atoms with Crippen LogP contribution in [0.3, 0.4) is 0 Å². The second-order valence-electron chi connectivity index (χ2n) is 7.18. The molecule has 31 heavy (non-hydrogen) atoms. The van der Waals surface area contributed by atoms with Gasteiger partial charge in [-0.05, 0) is 35.1 Å². The van der Waals surface area contributed by atoms with E-state index in [0.29, 0.717) is 19.4 Å². The molecule has 0 atom stereocenters. The lowest BCUT2D eigenvalue weighted by atomic mass is 9.98. The summed E-state index contributed by atoms with van der Waals surface area (Å²) in [5.74, 6) is -0.0554. The molecule has 0 aliphatic heterocycles. The molecule has 4 aromatic rings. The van der Waals surface area contributed by atoms with Crippen LogP contribution in [0.2, 0.25) is 0 Å². The molecule has 5 nitrogen and oxygen atoms in total. The van der Waals surface area contributed by atoms with Gasteiger partial charge in [0.1, 0.15) is 5.69 Å². The zero-order valence-corrected chi connectivity index (χ0v) is 17.8. The molecule has 0 fully saturated rings. The van der Waals surface area contributed by atoms with Gasteiger partial charge in [0, 0.05) is 19.0 Å². The summed E-state index contributed by atoms with van der Waals surface area (Å²) in [5.41, 5.74) is 2.67. The third kappa shape index (κ3) is 5.35. The number of nitrogens with zero attached hydrogens (tertiary/aromatic N) is 2. The summed E-state index contributed by atoms with van der Waals surface area (Å²) < 4.78 is 1.44. The number of hydrogen-bond donors (Lipinski definition) is 1. The molecule has 0 aliphatic carbocycles. The number of rotatable bonds is 8. The topological polar surface area (TPSA) is 64.0 Å². The van der Waals surface area contributed by atoms with Crippen LogP contribution in [0.25, 0.3) is 10.6 Å². The molecular weight excluding hydrogens is 406 g/mol. The SMILES string of the molecule is O=C(CCCn1nc(-c2cccs2)ccc1=O)NC(c1ccccc1)c1ccccc1. The summed E-state index contributed by atoms with van der Waals surface area (Å²) in [6, 6.07) is 26.8. The second kappa shape index (κ2) is 10.00. The molecule has 0 unspecified atom stereocenters. The highest BCUT2D eigenvalue weighted by atomic mass is 32.1. The summed E-state index contributed by atoms with van der Waals surface area (Å²) in [6.07, 6.45) is 0.844. The zero-order valence-electron chi connectivity index (χ0n) is 17.0. The van der Waals surface area contributed by atoms with Crippen molar-refractivity contribution in [1.29, 1.82) is 0 Å². The van der Waals surface area contributed by atoms with Gasteiger partial charge in [-0.1, -0.05) is 66.7 Å². The highest BCUT2D eigenvalue weighted by Crippen LogP contribution is 2.22. The van der Waals surface area contributed by atoms with E-state index in [0.717, 1.165) is 21.7 Å². The van der Waals surface area contributed by atoms with E-state index >= 15 is 0 Å². The predicted molar refractivity (Wildman–Crippen MR) is 124 cm³/mol. The van der Waals surface area contributed by atoms with Crippen LogP contribution < -0.4 is 10.9 Å². The molecule has 156 valence electrons. The van der Waals surface area contributed by atoms with Crippen LogP contribution in [0.4, 0.5) is 0 Å². The molecule has 2 heterocycles. The number of thiophene rings is 1. The lowest BCUT2D eigenvalue weighted by Crippen LogP contribution is -2.30. The first kappa shape index (κ1) is 20.8. The molecule has 1 N–H and O–H groups in total. The van der Waals surface area contributed by atoms with Gasteiger partial charge in [-0.15, -0.1) is 11.3 Å². The normalized spacial score (nSPS) is 10.9. The van der Waals surface area contributed by atoms with E-state index in [4.69, 9.17) is 0 Å². The van der Waals surface area contributed by atoms with E-state index in [1.54, 1.807) is 17.4 Å². The van der Waals surface area contributed by atoms with Crippen molar-refractivity contribution in [2.24, 2.45) is 0 Å². The number of carbonyl (C=O) groups is 1. The van der Waals surface area contributed by atoms with E-state index in [1.807, 2.05) is 78.2 Å². The van der Waals surface area contributed by atoms with Crippen molar-refractivity contribution >= 4 is 17.2 Å². The largest absolute Gasteiger partial charge is 0.345 e. The quantitative estimate of drug-likeness (QED) is 0.443. The molecule has 6 heteroatoms. The van der Waals surface area contributed by atoms with Gasteiger partial charge in [0.05, 0.1) is 10.9 Å². The van der Waals surface area contributed by atoms with Gasteiger partial charge in [-0.3, -0.25) is 9.59 Å². The number of benzene rings is 2. The highest BCUT2D eigenvalue weighted by Gasteiger charge is 2.16. The molecular formula is C25H23N3O2S. The Morgan fingerprint density at radius 3 is 2.19 bits per heavy atom. The molecule has 4 rings (SSSR count). The maximum Gasteiger partial charge on any atom is 0.266 e. The van der Waals surface area contributed by atoms with Crippen LogP contribution in [0.1, 0.15) is 30.0 Å². The smallest absolute Gasteiger partial charge is 0.266 e. The first-order chi connectivity index (χ1) is 15.2. The van der Waals surface area contributed by atoms with Crippen molar-refractivity contribution < 1.29 is 4.79 Å². The summed E-state index contributed by atoms with van der Waals surface area (Å²) in [4.78, 5) is 25.9. The standard InChI is InChI=1S/C25H23N3O2S/c29-23(26-25(19-9-3-1-4-10-19)20-11-5-2-6-12-20)14-7-17-28-24(30)16-15-21(27-28)22-13-8-18-31-22/h1-6,8-13,15-16,18,25H,7,14,17H2,(H,26,29). The highest BCUT2D eigenvalue weighted by molar-refractivity contribution is 7.13. The van der Waals surface area contributed by atoms with E-state index in [-0.39, 0.29) is 17.5 Å². The monoisotopic (exact) mass is 429 g/mol. The Balaban J connectivity index is 1.40. The number of amides is 1. The van der Waals surface area contributed by atoms with E-state index in [9.17, 15) is 9.59 Å². The summed E-state index contributed by atoms with van der Waals surface area (Å²) in [6.45, 7) is 0.396. The van der Waals surface area contributed by atoms with Crippen molar-refractivity contribution in [3.63, 3.8) is 0 Å². The fourth-order valence-corrected chi connectivity index (χ4v) is 4.13. The number of hydrogen-bond acceptors (Lipinski definition) is 4. The Morgan fingerprint density at radius 1 is 0.903 bits per heavy atom. The molecule has 0 radical (unpaired) electrons. The Labute approximate surface area is 185 Å². The molecule has 0 spiro atoms. The number of aryl methyl sites for hydroxylation is 1. The van der Waals surface area contributed by atoms with Crippen molar-refractivity contribution in [2.75, 3.05) is 0 Å². The van der Waals surface area contributed by atoms with Crippen LogP contribution in [0.5, 0.6) is 0 Å². The maximum atomic E-state index is 12.7. The number of carbonyl (C=O) groups excluding carboxylic acids is 1. The van der Waals surface area contributed by atoms with Crippen molar-refractivity contribution in [3.05, 3.63) is 112 Å². The van der Waals surface area contributed by atoms with Crippen LogP contribution in [0.15, 0.2) is 95.1 Å². The van der Waals surface area contributed by atoms with Gasteiger partial charge >= 0.3 is 0 Å². The lowest BCUT2D eigenvalue weighted by molar-refractivity contribution is -0.121. The molecule has 2 aromatic carbocycles. The summed E-state index contributed by atoms with van der Waals surface area (Å²) >= 11 is 1.58. The van der Waals surface area contributed by atoms with Gasteiger partial charge in [-0.2, -0.15) is 5.10 Å². The van der Waals surface area contributed by atoms with Crippen LogP contribution in [-0.4, -0.2) is 15.7 Å². The van der Waals surface area contributed by atoms with Crippen molar-refractivity contribution in [2.45, 2.75) is 25.4 Å². The zero-order chi connectivity index (χ0) is 21.5. The van der Waals surface area contributed by atoms with Crippen LogP contribution in [-0.2, 0) is 11.3 Å². The summed E-state index contributed by atoms with van der Waals surface area (Å²) in [5, 5.41) is 9.57. The van der Waals surface area contributed by atoms with E-state index < -0.39 is 0 Å². The van der Waals surface area contributed by atoms with E-state index in [1.165, 1.54) is 10.7 Å². The fraction of sp³-hybridized carbons (Fsp3) is 0.160. The first-order valence-electron chi connectivity index (χ1n) is 10.2. The molecule has 0 aliphatic rings. The Kier molecular flexibility index (Phi) is 6.69. The minimum atomic E-state index is -0.210. The lowest BCUT2D eigenvalue weighted by Gasteiger charge is -2.20. The van der Waals surface area contributed by atoms with Gasteiger partial charge in [0.15, 0.2) is 0 Å². The van der Waals surface area contributed by atoms with E-state index in [2.05, 4.69) is 10.4 Å². The molecule has 0 saturated heterocycles. The minimum Gasteiger partial charge on any atom is -0.345 e. The third-order valence-corrected chi connectivity index (χ3v) is 5.88. The Hall–Kier alpha value is -3.51. The average Bonchev–Trinajstić information content (AvgIpc) is 3.35. The summed E-state index contributed by atoms with van der Waals surface area (Å²) in [7, 11) is 0. The third-order valence-electron chi connectivity index (χ3n) is 4.99. The predicted octanol–water partition coefficient (Wildman–Crippen LogP) is 4.66. The second-order valence-corrected chi connectivity index (χ2v) is 8.13.